The smallest absolute Gasteiger partial charge is 0.348 e. The summed E-state index contributed by atoms with van der Waals surface area (Å²) in [6, 6.07) is 4.13. The molecule has 140 valence electrons. The molecule has 1 aliphatic heterocycles. The fraction of sp³-hybridized carbons (Fsp3) is 0.722. The number of carbonyl (C=O) groups is 1. The normalized spacial score (nSPS) is 22.2. The summed E-state index contributed by atoms with van der Waals surface area (Å²) < 4.78 is 37.4. The number of nitrogens with one attached hydrogen (secondary N) is 1. The van der Waals surface area contributed by atoms with Crippen LogP contribution in [-0.2, 0) is 4.79 Å². The van der Waals surface area contributed by atoms with Crippen molar-refractivity contribution in [1.82, 2.24) is 10.2 Å². The largest absolute Gasteiger partial charge is 0.401 e. The highest BCUT2D eigenvalue weighted by molar-refractivity contribution is 7.10. The first-order chi connectivity index (χ1) is 11.9. The van der Waals surface area contributed by atoms with Gasteiger partial charge in [-0.2, -0.15) is 13.2 Å². The van der Waals surface area contributed by atoms with E-state index in [1.807, 2.05) is 11.4 Å². The van der Waals surface area contributed by atoms with Crippen LogP contribution >= 0.6 is 11.3 Å². The molecular weight excluding hydrogens is 349 g/mol. The van der Waals surface area contributed by atoms with Crippen molar-refractivity contribution >= 4 is 17.2 Å². The zero-order valence-corrected chi connectivity index (χ0v) is 15.0. The molecule has 2 aliphatic rings. The topological polar surface area (TPSA) is 32.3 Å². The van der Waals surface area contributed by atoms with Gasteiger partial charge in [0.15, 0.2) is 0 Å². The van der Waals surface area contributed by atoms with Crippen LogP contribution in [0.4, 0.5) is 13.2 Å². The van der Waals surface area contributed by atoms with E-state index in [1.54, 1.807) is 11.3 Å². The predicted octanol–water partition coefficient (Wildman–Crippen LogP) is 4.37. The van der Waals surface area contributed by atoms with Crippen molar-refractivity contribution in [2.24, 2.45) is 11.8 Å². The fourth-order valence-electron chi connectivity index (χ4n) is 4.06. The van der Waals surface area contributed by atoms with Crippen LogP contribution in [0.3, 0.4) is 0 Å². The van der Waals surface area contributed by atoms with Crippen molar-refractivity contribution in [3.05, 3.63) is 22.4 Å². The van der Waals surface area contributed by atoms with Crippen LogP contribution in [0.2, 0.25) is 0 Å². The van der Waals surface area contributed by atoms with Gasteiger partial charge in [0.1, 0.15) is 0 Å². The van der Waals surface area contributed by atoms with Crippen LogP contribution < -0.4 is 5.32 Å². The number of piperidine rings is 1. The maximum Gasteiger partial charge on any atom is 0.401 e. The van der Waals surface area contributed by atoms with E-state index in [9.17, 15) is 18.0 Å². The third-order valence-corrected chi connectivity index (χ3v) is 6.34. The summed E-state index contributed by atoms with van der Waals surface area (Å²) in [6.07, 6.45) is 1.52. The highest BCUT2D eigenvalue weighted by Gasteiger charge is 2.35. The van der Waals surface area contributed by atoms with Gasteiger partial charge in [-0.05, 0) is 56.1 Å². The van der Waals surface area contributed by atoms with Crippen LogP contribution in [0, 0.1) is 11.8 Å². The van der Waals surface area contributed by atoms with Crippen molar-refractivity contribution in [2.45, 2.75) is 50.7 Å². The Morgan fingerprint density at radius 3 is 2.48 bits per heavy atom. The van der Waals surface area contributed by atoms with Crippen molar-refractivity contribution in [2.75, 3.05) is 19.6 Å². The van der Waals surface area contributed by atoms with E-state index in [0.29, 0.717) is 31.8 Å². The lowest BCUT2D eigenvalue weighted by Gasteiger charge is -2.33. The summed E-state index contributed by atoms with van der Waals surface area (Å²) >= 11 is 1.67. The molecule has 0 aromatic carbocycles. The lowest BCUT2D eigenvalue weighted by molar-refractivity contribution is -0.149. The molecule has 1 aliphatic carbocycles. The standard InChI is InChI=1S/C18H25F3N2OS/c19-18(20,21)12-23-9-7-14(8-10-23)17(24)22-16(13-4-1-2-5-13)15-6-3-11-25-15/h3,6,11,13-14,16H,1-2,4-5,7-10,12H2,(H,22,24)/t16-/m0/s1. The van der Waals surface area contributed by atoms with E-state index in [2.05, 4.69) is 11.4 Å². The Balaban J connectivity index is 1.55. The Bertz CT molecular complexity index is 547. The monoisotopic (exact) mass is 374 g/mol. The Hall–Kier alpha value is -1.08. The van der Waals surface area contributed by atoms with Gasteiger partial charge in [-0.1, -0.05) is 18.9 Å². The molecule has 3 rings (SSSR count). The molecule has 1 N–H and O–H groups in total. The maximum absolute atomic E-state index is 12.7. The SMILES string of the molecule is O=C(N[C@H](c1cccs1)C1CCCC1)C1CCN(CC(F)(F)F)CC1. The zero-order chi connectivity index (χ0) is 17.9. The first-order valence-electron chi connectivity index (χ1n) is 9.05. The number of halogens is 3. The molecular formula is C18H25F3N2OS. The molecule has 1 amide bonds. The van der Waals surface area contributed by atoms with Gasteiger partial charge in [0.25, 0.3) is 0 Å². The van der Waals surface area contributed by atoms with Crippen molar-refractivity contribution in [3.8, 4) is 0 Å². The third kappa shape index (κ3) is 5.20. The summed E-state index contributed by atoms with van der Waals surface area (Å²) in [5, 5.41) is 5.25. The Kier molecular flexibility index (Phi) is 6.04. The minimum absolute atomic E-state index is 0.0111. The number of hydrogen-bond acceptors (Lipinski definition) is 3. The average molecular weight is 374 g/mol. The van der Waals surface area contributed by atoms with E-state index in [4.69, 9.17) is 0 Å². The molecule has 1 aromatic heterocycles. The van der Waals surface area contributed by atoms with E-state index >= 15 is 0 Å². The van der Waals surface area contributed by atoms with Gasteiger partial charge in [0.05, 0.1) is 12.6 Å². The van der Waals surface area contributed by atoms with E-state index in [-0.39, 0.29) is 17.9 Å². The molecule has 0 unspecified atom stereocenters. The highest BCUT2D eigenvalue weighted by Crippen LogP contribution is 2.37. The highest BCUT2D eigenvalue weighted by atomic mass is 32.1. The molecule has 0 radical (unpaired) electrons. The quantitative estimate of drug-likeness (QED) is 0.830. The minimum atomic E-state index is -4.16. The average Bonchev–Trinajstić information content (AvgIpc) is 3.25. The van der Waals surface area contributed by atoms with E-state index < -0.39 is 12.7 Å². The molecule has 3 nitrogen and oxygen atoms in total. The second kappa shape index (κ2) is 8.08. The van der Waals surface area contributed by atoms with Crippen molar-refractivity contribution < 1.29 is 18.0 Å². The van der Waals surface area contributed by atoms with Crippen LogP contribution in [0.15, 0.2) is 17.5 Å². The van der Waals surface area contributed by atoms with Crippen molar-refractivity contribution in [1.29, 1.82) is 0 Å². The molecule has 0 bridgehead atoms. The number of likely N-dealkylation sites (tertiary alicyclic amines) is 1. The molecule has 1 aromatic rings. The van der Waals surface area contributed by atoms with Gasteiger partial charge in [0.2, 0.25) is 5.91 Å². The van der Waals surface area contributed by atoms with Gasteiger partial charge in [-0.3, -0.25) is 9.69 Å². The molecule has 1 atom stereocenters. The second-order valence-electron chi connectivity index (χ2n) is 7.21. The number of rotatable bonds is 5. The van der Waals surface area contributed by atoms with Crippen LogP contribution in [-0.4, -0.2) is 36.6 Å². The van der Waals surface area contributed by atoms with Gasteiger partial charge in [-0.25, -0.2) is 0 Å². The molecule has 2 fully saturated rings. The summed E-state index contributed by atoms with van der Waals surface area (Å²) in [5.74, 6) is 0.318. The minimum Gasteiger partial charge on any atom is -0.348 e. The molecule has 1 saturated carbocycles. The number of alkyl halides is 3. The van der Waals surface area contributed by atoms with Gasteiger partial charge < -0.3 is 5.32 Å². The Morgan fingerprint density at radius 2 is 1.92 bits per heavy atom. The summed E-state index contributed by atoms with van der Waals surface area (Å²) in [6.45, 7) is -0.198. The van der Waals surface area contributed by atoms with Crippen LogP contribution in [0.5, 0.6) is 0 Å². The number of hydrogen-bond donors (Lipinski definition) is 1. The second-order valence-corrected chi connectivity index (χ2v) is 8.19. The van der Waals surface area contributed by atoms with E-state index in [0.717, 1.165) is 12.8 Å². The van der Waals surface area contributed by atoms with Gasteiger partial charge >= 0.3 is 6.18 Å². The van der Waals surface area contributed by atoms with Gasteiger partial charge in [0, 0.05) is 10.8 Å². The van der Waals surface area contributed by atoms with Crippen molar-refractivity contribution in [3.63, 3.8) is 0 Å². The molecule has 1 saturated heterocycles. The first-order valence-corrected chi connectivity index (χ1v) is 9.93. The molecule has 25 heavy (non-hydrogen) atoms. The lowest BCUT2D eigenvalue weighted by atomic mass is 9.92. The van der Waals surface area contributed by atoms with Crippen LogP contribution in [0.1, 0.15) is 49.4 Å². The zero-order valence-electron chi connectivity index (χ0n) is 14.2. The first kappa shape index (κ1) is 18.7. The van der Waals surface area contributed by atoms with E-state index in [1.165, 1.54) is 22.6 Å². The Morgan fingerprint density at radius 1 is 1.24 bits per heavy atom. The molecule has 2 heterocycles. The fourth-order valence-corrected chi connectivity index (χ4v) is 4.93. The number of carbonyl (C=O) groups excluding carboxylic acids is 1. The Labute approximate surface area is 150 Å². The van der Waals surface area contributed by atoms with Crippen LogP contribution in [0.25, 0.3) is 0 Å². The molecule has 7 heteroatoms. The predicted molar refractivity (Wildman–Crippen MR) is 92.4 cm³/mol. The summed E-state index contributed by atoms with van der Waals surface area (Å²) in [4.78, 5) is 15.3. The van der Waals surface area contributed by atoms with Gasteiger partial charge in [-0.15, -0.1) is 11.3 Å². The lowest BCUT2D eigenvalue weighted by Crippen LogP contribution is -2.45. The number of nitrogens with zero attached hydrogens (tertiary/aromatic N) is 1. The summed E-state index contributed by atoms with van der Waals surface area (Å²) in [5.41, 5.74) is 0. The number of amides is 1. The number of thiophene rings is 1. The summed E-state index contributed by atoms with van der Waals surface area (Å²) in [7, 11) is 0. The molecule has 0 spiro atoms. The third-order valence-electron chi connectivity index (χ3n) is 5.38. The maximum atomic E-state index is 12.7.